The standard InChI is InChI=1S/C36H32F7N2/c1-4-24-27(44(20-35(39,40)33(37)38)28-18-16-22-10-5-7-12-25(22)31(24)28)14-9-15-30-34(2,3)32-26-13-8-6-11-23(26)17-19-29(32)45(30)21-36(41,42)43/h5-19,24,33H,4,20-21H2,1-3H3/q+1. The molecule has 2 heterocycles. The van der Waals surface area contributed by atoms with Crippen molar-refractivity contribution in [3.05, 3.63) is 108 Å². The first-order chi connectivity index (χ1) is 21.2. The van der Waals surface area contributed by atoms with E-state index in [2.05, 4.69) is 0 Å². The summed E-state index contributed by atoms with van der Waals surface area (Å²) in [7, 11) is 0. The van der Waals surface area contributed by atoms with Crippen molar-refractivity contribution in [2.45, 2.75) is 57.0 Å². The molecule has 0 aromatic heterocycles. The Balaban J connectivity index is 1.49. The van der Waals surface area contributed by atoms with Gasteiger partial charge in [-0.15, -0.1) is 0 Å². The zero-order valence-corrected chi connectivity index (χ0v) is 25.0. The third-order valence-electron chi connectivity index (χ3n) is 8.96. The van der Waals surface area contributed by atoms with Crippen molar-refractivity contribution in [1.29, 1.82) is 0 Å². The number of rotatable bonds is 7. The SMILES string of the molecule is CCC1C(=CC=CC2=[N+](CC(F)(F)F)c3ccc4ccccc4c3C2(C)C)N(CC(F)(F)C(F)F)c2ccc3ccccc3c21. The van der Waals surface area contributed by atoms with Crippen LogP contribution in [0.25, 0.3) is 21.5 Å². The number of hydrogen-bond acceptors (Lipinski definition) is 1. The second-order valence-corrected chi connectivity index (χ2v) is 12.2. The zero-order valence-electron chi connectivity index (χ0n) is 25.0. The molecule has 0 bridgehead atoms. The predicted octanol–water partition coefficient (Wildman–Crippen LogP) is 10.3. The summed E-state index contributed by atoms with van der Waals surface area (Å²) in [5, 5.41) is 3.48. The maximum atomic E-state index is 14.6. The largest absolute Gasteiger partial charge is 0.448 e. The highest BCUT2D eigenvalue weighted by atomic mass is 19.4. The summed E-state index contributed by atoms with van der Waals surface area (Å²) in [6.45, 7) is 3.18. The number of alkyl halides is 7. The fraction of sp³-hybridized carbons (Fsp3) is 0.306. The Labute approximate surface area is 256 Å². The Morgan fingerprint density at radius 3 is 2.13 bits per heavy atom. The Bertz CT molecular complexity index is 1880. The average Bonchev–Trinajstić information content (AvgIpc) is 3.39. The van der Waals surface area contributed by atoms with Crippen molar-refractivity contribution < 1.29 is 35.3 Å². The maximum absolute atomic E-state index is 14.6. The van der Waals surface area contributed by atoms with Crippen molar-refractivity contribution in [2.75, 3.05) is 18.0 Å². The second-order valence-electron chi connectivity index (χ2n) is 12.2. The topological polar surface area (TPSA) is 6.25 Å². The lowest BCUT2D eigenvalue weighted by Crippen LogP contribution is -2.40. The molecule has 45 heavy (non-hydrogen) atoms. The number of halogens is 7. The number of benzene rings is 4. The van der Waals surface area contributed by atoms with E-state index in [1.165, 1.54) is 9.48 Å². The van der Waals surface area contributed by atoms with Gasteiger partial charge < -0.3 is 4.90 Å². The Hall–Kier alpha value is -4.14. The zero-order chi connectivity index (χ0) is 32.3. The molecule has 234 valence electrons. The highest BCUT2D eigenvalue weighted by molar-refractivity contribution is 6.07. The van der Waals surface area contributed by atoms with Crippen molar-refractivity contribution >= 4 is 38.6 Å². The van der Waals surface area contributed by atoms with Crippen LogP contribution in [-0.2, 0) is 5.41 Å². The van der Waals surface area contributed by atoms with Crippen LogP contribution in [0.2, 0.25) is 0 Å². The van der Waals surface area contributed by atoms with E-state index < -0.39 is 42.9 Å². The summed E-state index contributed by atoms with van der Waals surface area (Å²) in [5.41, 5.74) is 2.36. The number of anilines is 1. The number of allylic oxidation sites excluding steroid dienone is 4. The molecular formula is C36H32F7N2+. The Morgan fingerprint density at radius 2 is 1.49 bits per heavy atom. The first kappa shape index (κ1) is 30.9. The molecule has 0 saturated carbocycles. The fourth-order valence-corrected chi connectivity index (χ4v) is 7.06. The van der Waals surface area contributed by atoms with Gasteiger partial charge in [0.25, 0.3) is 0 Å². The summed E-state index contributed by atoms with van der Waals surface area (Å²) >= 11 is 0. The number of hydrogen-bond donors (Lipinski definition) is 0. The van der Waals surface area contributed by atoms with Crippen LogP contribution in [0.5, 0.6) is 0 Å². The van der Waals surface area contributed by atoms with Crippen LogP contribution < -0.4 is 4.90 Å². The first-order valence-electron chi connectivity index (χ1n) is 14.8. The van der Waals surface area contributed by atoms with Gasteiger partial charge in [0, 0.05) is 35.0 Å². The lowest BCUT2D eigenvalue weighted by molar-refractivity contribution is -0.480. The van der Waals surface area contributed by atoms with E-state index in [9.17, 15) is 30.7 Å². The molecule has 0 amide bonds. The van der Waals surface area contributed by atoms with Gasteiger partial charge in [0.15, 0.2) is 5.71 Å². The van der Waals surface area contributed by atoms with Crippen LogP contribution in [0.4, 0.5) is 42.1 Å². The molecule has 1 atom stereocenters. The van der Waals surface area contributed by atoms with Gasteiger partial charge in [-0.2, -0.15) is 26.5 Å². The maximum Gasteiger partial charge on any atom is 0.448 e. The highest BCUT2D eigenvalue weighted by Crippen LogP contribution is 2.50. The molecule has 2 nitrogen and oxygen atoms in total. The van der Waals surface area contributed by atoms with Gasteiger partial charge in [-0.1, -0.05) is 67.6 Å². The van der Waals surface area contributed by atoms with Crippen molar-refractivity contribution in [1.82, 2.24) is 0 Å². The third kappa shape index (κ3) is 5.30. The van der Waals surface area contributed by atoms with E-state index in [4.69, 9.17) is 0 Å². The quantitative estimate of drug-likeness (QED) is 0.146. The average molecular weight is 626 g/mol. The van der Waals surface area contributed by atoms with Crippen LogP contribution in [-0.4, -0.2) is 41.9 Å². The molecule has 0 saturated heterocycles. The van der Waals surface area contributed by atoms with Gasteiger partial charge in [0.2, 0.25) is 12.2 Å². The second kappa shape index (κ2) is 11.0. The van der Waals surface area contributed by atoms with E-state index in [0.29, 0.717) is 29.2 Å². The van der Waals surface area contributed by atoms with Crippen LogP contribution in [0.3, 0.4) is 0 Å². The van der Waals surface area contributed by atoms with E-state index >= 15 is 0 Å². The molecule has 4 aromatic rings. The Morgan fingerprint density at radius 1 is 0.867 bits per heavy atom. The van der Waals surface area contributed by atoms with Gasteiger partial charge in [0.05, 0.1) is 12.0 Å². The van der Waals surface area contributed by atoms with Crippen molar-refractivity contribution in [3.8, 4) is 0 Å². The van der Waals surface area contributed by atoms with Crippen LogP contribution in [0, 0.1) is 0 Å². The summed E-state index contributed by atoms with van der Waals surface area (Å²) in [6, 6.07) is 22.0. The predicted molar refractivity (Wildman–Crippen MR) is 165 cm³/mol. The van der Waals surface area contributed by atoms with Gasteiger partial charge in [-0.25, -0.2) is 8.78 Å². The fourth-order valence-electron chi connectivity index (χ4n) is 7.06. The van der Waals surface area contributed by atoms with E-state index in [1.807, 2.05) is 69.3 Å². The minimum atomic E-state index is -4.50. The van der Waals surface area contributed by atoms with E-state index in [1.54, 1.807) is 42.5 Å². The first-order valence-corrected chi connectivity index (χ1v) is 14.8. The smallest absolute Gasteiger partial charge is 0.338 e. The summed E-state index contributed by atoms with van der Waals surface area (Å²) in [4.78, 5) is 1.24. The lowest BCUT2D eigenvalue weighted by atomic mass is 9.79. The van der Waals surface area contributed by atoms with Crippen molar-refractivity contribution in [2.24, 2.45) is 0 Å². The van der Waals surface area contributed by atoms with Crippen LogP contribution in [0.15, 0.2) is 96.7 Å². The number of fused-ring (bicyclic) bond motifs is 6. The summed E-state index contributed by atoms with van der Waals surface area (Å²) in [5.74, 6) is -4.68. The molecule has 2 aliphatic heterocycles. The van der Waals surface area contributed by atoms with Gasteiger partial charge in [-0.05, 0) is 65.6 Å². The van der Waals surface area contributed by atoms with Gasteiger partial charge in [-0.3, -0.25) is 0 Å². The lowest BCUT2D eigenvalue weighted by Gasteiger charge is -2.27. The van der Waals surface area contributed by atoms with E-state index in [0.717, 1.165) is 32.7 Å². The minimum Gasteiger partial charge on any atom is -0.338 e. The normalized spacial score (nSPS) is 19.1. The van der Waals surface area contributed by atoms with Crippen molar-refractivity contribution in [3.63, 3.8) is 0 Å². The van der Waals surface area contributed by atoms with Crippen LogP contribution in [0.1, 0.15) is 44.2 Å². The molecule has 0 aliphatic carbocycles. The summed E-state index contributed by atoms with van der Waals surface area (Å²) in [6.07, 6.45) is -3.13. The van der Waals surface area contributed by atoms with E-state index in [-0.39, 0.29) is 0 Å². The molecule has 0 N–H and O–H groups in total. The molecule has 2 aliphatic rings. The third-order valence-corrected chi connectivity index (χ3v) is 8.96. The Kier molecular flexibility index (Phi) is 7.57. The van der Waals surface area contributed by atoms with Gasteiger partial charge >= 0.3 is 18.5 Å². The minimum absolute atomic E-state index is 0.390. The molecule has 9 heteroatoms. The monoisotopic (exact) mass is 625 g/mol. The molecule has 6 rings (SSSR count). The molecule has 1 unspecified atom stereocenters. The molecule has 0 radical (unpaired) electrons. The molecule has 4 aromatic carbocycles. The van der Waals surface area contributed by atoms with Gasteiger partial charge in [0.1, 0.15) is 0 Å². The highest BCUT2D eigenvalue weighted by Gasteiger charge is 2.50. The molecule has 0 fully saturated rings. The molecule has 0 spiro atoms. The molecular weight excluding hydrogens is 593 g/mol. The summed E-state index contributed by atoms with van der Waals surface area (Å²) < 4.78 is 99.2. The number of nitrogens with zero attached hydrogens (tertiary/aromatic N) is 2. The van der Waals surface area contributed by atoms with Crippen LogP contribution >= 0.6 is 0 Å².